The van der Waals surface area contributed by atoms with E-state index in [-0.39, 0.29) is 18.4 Å². The molecule has 3 heterocycles. The van der Waals surface area contributed by atoms with E-state index in [4.69, 9.17) is 14.2 Å². The molecule has 0 spiro atoms. The quantitative estimate of drug-likeness (QED) is 0.288. The minimum Gasteiger partial charge on any atom is -0.489 e. The molecule has 11 nitrogen and oxygen atoms in total. The molecular weight excluding hydrogens is 440 g/mol. The molecule has 174 valence electrons. The van der Waals surface area contributed by atoms with E-state index in [9.17, 15) is 10.1 Å². The minimum absolute atomic E-state index is 0.217. The van der Waals surface area contributed by atoms with Crippen LogP contribution in [0.3, 0.4) is 0 Å². The summed E-state index contributed by atoms with van der Waals surface area (Å²) in [5.74, 6) is 1.17. The topological polar surface area (TPSA) is 119 Å². The molecule has 1 aliphatic heterocycles. The zero-order chi connectivity index (χ0) is 23.7. The van der Waals surface area contributed by atoms with Crippen LogP contribution in [0, 0.1) is 17.0 Å². The van der Waals surface area contributed by atoms with Gasteiger partial charge in [-0.05, 0) is 43.0 Å². The summed E-state index contributed by atoms with van der Waals surface area (Å²) in [5.41, 5.74) is 1.96. The maximum Gasteiger partial charge on any atom is 0.415 e. The molecule has 5 rings (SSSR count). The van der Waals surface area contributed by atoms with Crippen molar-refractivity contribution < 1.29 is 19.1 Å². The lowest BCUT2D eigenvalue weighted by Gasteiger charge is -2.22. The van der Waals surface area contributed by atoms with Gasteiger partial charge < -0.3 is 24.3 Å². The second-order valence-corrected chi connectivity index (χ2v) is 8.36. The third-order valence-electron chi connectivity index (χ3n) is 5.33. The van der Waals surface area contributed by atoms with Gasteiger partial charge in [-0.3, -0.25) is 4.57 Å². The van der Waals surface area contributed by atoms with E-state index < -0.39 is 10.5 Å². The maximum absolute atomic E-state index is 10.9. The van der Waals surface area contributed by atoms with Gasteiger partial charge in [-0.2, -0.15) is 0 Å². The van der Waals surface area contributed by atoms with E-state index in [0.29, 0.717) is 24.6 Å². The standard InChI is InChI=1S/C23H22N6O5/c1-16-6-8-19(9-7-16)32-13-17-11-28(26-25-17)18-4-3-5-20(10-18)33-15-23(2)14-27-12-21(29(30)31)24-22(27)34-23/h3-12H,13-15H2,1-2H3/t23-/m1/s1. The van der Waals surface area contributed by atoms with Crippen LogP contribution >= 0.6 is 0 Å². The van der Waals surface area contributed by atoms with Gasteiger partial charge in [0.05, 0.1) is 18.4 Å². The third kappa shape index (κ3) is 4.53. The van der Waals surface area contributed by atoms with E-state index in [0.717, 1.165) is 11.4 Å². The van der Waals surface area contributed by atoms with Crippen molar-refractivity contribution in [2.45, 2.75) is 32.6 Å². The Morgan fingerprint density at radius 1 is 1.15 bits per heavy atom. The summed E-state index contributed by atoms with van der Waals surface area (Å²) in [6, 6.07) is 15.5. The van der Waals surface area contributed by atoms with Crippen LogP contribution < -0.4 is 14.2 Å². The van der Waals surface area contributed by atoms with Gasteiger partial charge in [0.2, 0.25) is 0 Å². The van der Waals surface area contributed by atoms with E-state index in [2.05, 4.69) is 15.3 Å². The molecule has 0 saturated carbocycles. The van der Waals surface area contributed by atoms with E-state index in [1.165, 1.54) is 11.8 Å². The first-order chi connectivity index (χ1) is 16.4. The van der Waals surface area contributed by atoms with Gasteiger partial charge in [-0.15, -0.1) is 5.10 Å². The van der Waals surface area contributed by atoms with Crippen LogP contribution in [-0.4, -0.2) is 41.7 Å². The van der Waals surface area contributed by atoms with Crippen LogP contribution in [0.25, 0.3) is 5.69 Å². The summed E-state index contributed by atoms with van der Waals surface area (Å²) in [7, 11) is 0. The number of imidazole rings is 1. The second-order valence-electron chi connectivity index (χ2n) is 8.36. The highest BCUT2D eigenvalue weighted by atomic mass is 16.6. The number of nitrogens with zero attached hydrogens (tertiary/aromatic N) is 6. The summed E-state index contributed by atoms with van der Waals surface area (Å²) in [5, 5.41) is 19.2. The molecule has 0 unspecified atom stereocenters. The molecule has 4 aromatic rings. The van der Waals surface area contributed by atoms with Crippen LogP contribution in [0.1, 0.15) is 18.2 Å². The van der Waals surface area contributed by atoms with Crippen LogP contribution in [-0.2, 0) is 13.2 Å². The van der Waals surface area contributed by atoms with Crippen molar-refractivity contribution >= 4 is 5.82 Å². The van der Waals surface area contributed by atoms with Crippen molar-refractivity contribution in [3.8, 4) is 23.2 Å². The van der Waals surface area contributed by atoms with Crippen LogP contribution in [0.4, 0.5) is 5.82 Å². The number of nitro groups is 1. The predicted molar refractivity (Wildman–Crippen MR) is 120 cm³/mol. The number of aryl methyl sites for hydroxylation is 1. The Hall–Kier alpha value is -4.41. The lowest BCUT2D eigenvalue weighted by atomic mass is 10.1. The highest BCUT2D eigenvalue weighted by Gasteiger charge is 2.41. The van der Waals surface area contributed by atoms with Gasteiger partial charge in [-0.1, -0.05) is 29.0 Å². The van der Waals surface area contributed by atoms with Crippen LogP contribution in [0.15, 0.2) is 60.9 Å². The average Bonchev–Trinajstić information content (AvgIpc) is 3.52. The number of hydrogen-bond acceptors (Lipinski definition) is 8. The lowest BCUT2D eigenvalue weighted by Crippen LogP contribution is -2.38. The number of fused-ring (bicyclic) bond motifs is 1. The molecular formula is C23H22N6O5. The summed E-state index contributed by atoms with van der Waals surface area (Å²) >= 11 is 0. The van der Waals surface area contributed by atoms with Gasteiger partial charge in [0.1, 0.15) is 36.6 Å². The molecule has 0 aliphatic carbocycles. The number of aromatic nitrogens is 5. The molecule has 0 radical (unpaired) electrons. The van der Waals surface area contributed by atoms with Crippen LogP contribution in [0.5, 0.6) is 17.5 Å². The number of ether oxygens (including phenoxy) is 3. The molecule has 2 aromatic carbocycles. The SMILES string of the molecule is Cc1ccc(OCc2cn(-c3cccc(OC[C@@]4(C)Cn5cc([N+](=O)[O-])nc5O4)c3)nn2)cc1. The van der Waals surface area contributed by atoms with Gasteiger partial charge in [0, 0.05) is 11.1 Å². The molecule has 11 heteroatoms. The molecule has 0 amide bonds. The Bertz CT molecular complexity index is 1310. The highest BCUT2D eigenvalue weighted by Crippen LogP contribution is 2.31. The molecule has 1 aliphatic rings. The zero-order valence-corrected chi connectivity index (χ0v) is 18.6. The van der Waals surface area contributed by atoms with Gasteiger partial charge >= 0.3 is 11.8 Å². The average molecular weight is 462 g/mol. The van der Waals surface area contributed by atoms with Crippen molar-refractivity contribution in [1.29, 1.82) is 0 Å². The molecule has 0 bridgehead atoms. The Labute approximate surface area is 194 Å². The fraction of sp³-hybridized carbons (Fsp3) is 0.261. The number of rotatable bonds is 8. The minimum atomic E-state index is -0.693. The molecule has 34 heavy (non-hydrogen) atoms. The first kappa shape index (κ1) is 21.4. The molecule has 0 saturated heterocycles. The Balaban J connectivity index is 1.20. The third-order valence-corrected chi connectivity index (χ3v) is 5.33. The zero-order valence-electron chi connectivity index (χ0n) is 18.6. The van der Waals surface area contributed by atoms with E-state index in [1.54, 1.807) is 15.4 Å². The summed E-state index contributed by atoms with van der Waals surface area (Å²) in [6.45, 7) is 4.84. The van der Waals surface area contributed by atoms with Gasteiger partial charge in [-0.25, -0.2) is 4.68 Å². The van der Waals surface area contributed by atoms with Crippen LogP contribution in [0.2, 0.25) is 0 Å². The Morgan fingerprint density at radius 3 is 2.74 bits per heavy atom. The van der Waals surface area contributed by atoms with E-state index >= 15 is 0 Å². The monoisotopic (exact) mass is 462 g/mol. The Morgan fingerprint density at radius 2 is 1.97 bits per heavy atom. The lowest BCUT2D eigenvalue weighted by molar-refractivity contribution is -0.389. The van der Waals surface area contributed by atoms with Crippen molar-refractivity contribution in [2.24, 2.45) is 0 Å². The van der Waals surface area contributed by atoms with Gasteiger partial charge in [0.25, 0.3) is 0 Å². The smallest absolute Gasteiger partial charge is 0.415 e. The highest BCUT2D eigenvalue weighted by molar-refractivity contribution is 5.38. The molecule has 0 N–H and O–H groups in total. The first-order valence-corrected chi connectivity index (χ1v) is 10.6. The fourth-order valence-corrected chi connectivity index (χ4v) is 3.59. The summed E-state index contributed by atoms with van der Waals surface area (Å²) in [4.78, 5) is 14.2. The second kappa shape index (κ2) is 8.50. The van der Waals surface area contributed by atoms with Crippen molar-refractivity contribution in [1.82, 2.24) is 24.5 Å². The largest absolute Gasteiger partial charge is 0.489 e. The maximum atomic E-state index is 10.9. The molecule has 0 fully saturated rings. The van der Waals surface area contributed by atoms with Gasteiger partial charge in [0.15, 0.2) is 5.60 Å². The van der Waals surface area contributed by atoms with Crippen molar-refractivity contribution in [2.75, 3.05) is 6.61 Å². The molecule has 1 atom stereocenters. The first-order valence-electron chi connectivity index (χ1n) is 10.6. The number of hydrogen-bond donors (Lipinski definition) is 0. The van der Waals surface area contributed by atoms with Crippen molar-refractivity contribution in [3.05, 3.63) is 82.3 Å². The predicted octanol–water partition coefficient (Wildman–Crippen LogP) is 3.49. The number of benzene rings is 2. The van der Waals surface area contributed by atoms with E-state index in [1.807, 2.05) is 62.4 Å². The normalized spacial score (nSPS) is 16.6. The molecule has 2 aromatic heterocycles. The summed E-state index contributed by atoms with van der Waals surface area (Å²) < 4.78 is 20.8. The Kier molecular flexibility index (Phi) is 5.36. The summed E-state index contributed by atoms with van der Waals surface area (Å²) in [6.07, 6.45) is 3.17. The fourth-order valence-electron chi connectivity index (χ4n) is 3.59. The van der Waals surface area contributed by atoms with Crippen molar-refractivity contribution in [3.63, 3.8) is 0 Å².